The second-order valence-electron chi connectivity index (χ2n) is 6.08. The maximum atomic E-state index is 12.5. The quantitative estimate of drug-likeness (QED) is 0.767. The third-order valence-corrected chi connectivity index (χ3v) is 3.23. The maximum Gasteiger partial charge on any atom is 0.329 e. The number of carbonyl (C=O) groups is 2. The molecule has 1 aliphatic heterocycles. The highest BCUT2D eigenvalue weighted by atomic mass is 16.6. The Labute approximate surface area is 118 Å². The van der Waals surface area contributed by atoms with Gasteiger partial charge >= 0.3 is 5.97 Å². The SMILES string of the molecule is Cn1cncc1C(=O)N1CCC[C@H]1C(=O)OC(C)(C)C. The van der Waals surface area contributed by atoms with E-state index in [1.54, 1.807) is 22.8 Å². The summed E-state index contributed by atoms with van der Waals surface area (Å²) >= 11 is 0. The van der Waals surface area contributed by atoms with Crippen molar-refractivity contribution in [3.05, 3.63) is 18.2 Å². The minimum atomic E-state index is -0.541. The number of carbonyl (C=O) groups excluding carboxylic acids is 2. The fraction of sp³-hybridized carbons (Fsp3) is 0.643. The van der Waals surface area contributed by atoms with Gasteiger partial charge in [-0.25, -0.2) is 9.78 Å². The summed E-state index contributed by atoms with van der Waals surface area (Å²) in [7, 11) is 1.76. The van der Waals surface area contributed by atoms with Gasteiger partial charge in [0.2, 0.25) is 0 Å². The number of imidazole rings is 1. The van der Waals surface area contributed by atoms with Crippen molar-refractivity contribution in [2.24, 2.45) is 7.05 Å². The molecular weight excluding hydrogens is 258 g/mol. The van der Waals surface area contributed by atoms with Crippen molar-refractivity contribution in [3.8, 4) is 0 Å². The molecule has 6 nitrogen and oxygen atoms in total. The highest BCUT2D eigenvalue weighted by Crippen LogP contribution is 2.23. The number of rotatable bonds is 2. The number of amides is 1. The summed E-state index contributed by atoms with van der Waals surface area (Å²) in [6.45, 7) is 6.06. The zero-order valence-electron chi connectivity index (χ0n) is 12.4. The van der Waals surface area contributed by atoms with E-state index >= 15 is 0 Å². The Hall–Kier alpha value is -1.85. The number of aryl methyl sites for hydroxylation is 1. The van der Waals surface area contributed by atoms with E-state index in [1.165, 1.54) is 6.20 Å². The minimum Gasteiger partial charge on any atom is -0.458 e. The van der Waals surface area contributed by atoms with Gasteiger partial charge in [0.15, 0.2) is 0 Å². The van der Waals surface area contributed by atoms with Gasteiger partial charge < -0.3 is 14.2 Å². The second-order valence-corrected chi connectivity index (χ2v) is 6.08. The van der Waals surface area contributed by atoms with Crippen molar-refractivity contribution < 1.29 is 14.3 Å². The lowest BCUT2D eigenvalue weighted by atomic mass is 10.1. The molecule has 2 heterocycles. The largest absolute Gasteiger partial charge is 0.458 e. The van der Waals surface area contributed by atoms with Gasteiger partial charge in [-0.1, -0.05) is 0 Å². The third kappa shape index (κ3) is 3.00. The van der Waals surface area contributed by atoms with Gasteiger partial charge in [0.1, 0.15) is 17.3 Å². The van der Waals surface area contributed by atoms with E-state index in [0.29, 0.717) is 18.7 Å². The second kappa shape index (κ2) is 5.26. The molecule has 0 radical (unpaired) electrons. The summed E-state index contributed by atoms with van der Waals surface area (Å²) in [6, 6.07) is -0.489. The van der Waals surface area contributed by atoms with Gasteiger partial charge in [-0.2, -0.15) is 0 Å². The lowest BCUT2D eigenvalue weighted by Gasteiger charge is -2.27. The van der Waals surface area contributed by atoms with Crippen LogP contribution in [0.25, 0.3) is 0 Å². The number of hydrogen-bond acceptors (Lipinski definition) is 4. The first-order valence-corrected chi connectivity index (χ1v) is 6.80. The number of nitrogens with zero attached hydrogens (tertiary/aromatic N) is 3. The van der Waals surface area contributed by atoms with Crippen molar-refractivity contribution in [1.82, 2.24) is 14.5 Å². The van der Waals surface area contributed by atoms with Crippen LogP contribution < -0.4 is 0 Å². The standard InChI is InChI=1S/C14H21N3O3/c1-14(2,3)20-13(19)10-6-5-7-17(10)12(18)11-8-15-9-16(11)4/h8-10H,5-7H2,1-4H3/t10-/m0/s1. The van der Waals surface area contributed by atoms with E-state index in [1.807, 2.05) is 20.8 Å². The number of aromatic nitrogens is 2. The first kappa shape index (κ1) is 14.6. The highest BCUT2D eigenvalue weighted by Gasteiger charge is 2.37. The molecule has 2 rings (SSSR count). The van der Waals surface area contributed by atoms with E-state index in [9.17, 15) is 9.59 Å². The van der Waals surface area contributed by atoms with Crippen LogP contribution in [0.3, 0.4) is 0 Å². The molecule has 0 bridgehead atoms. The van der Waals surface area contributed by atoms with Gasteiger partial charge in [0.05, 0.1) is 12.5 Å². The lowest BCUT2D eigenvalue weighted by Crippen LogP contribution is -2.44. The van der Waals surface area contributed by atoms with Crippen molar-refractivity contribution in [2.75, 3.05) is 6.54 Å². The Kier molecular flexibility index (Phi) is 3.83. The molecule has 1 atom stereocenters. The van der Waals surface area contributed by atoms with Crippen molar-refractivity contribution in [3.63, 3.8) is 0 Å². The summed E-state index contributed by atoms with van der Waals surface area (Å²) in [5, 5.41) is 0. The normalized spacial score (nSPS) is 19.2. The van der Waals surface area contributed by atoms with Gasteiger partial charge in [-0.05, 0) is 33.6 Å². The molecule has 1 aromatic heterocycles. The molecule has 1 amide bonds. The number of esters is 1. The average Bonchev–Trinajstić information content (AvgIpc) is 2.93. The molecule has 1 aliphatic rings. The molecule has 1 saturated heterocycles. The fourth-order valence-corrected chi connectivity index (χ4v) is 2.34. The molecule has 0 aromatic carbocycles. The maximum absolute atomic E-state index is 12.5. The van der Waals surface area contributed by atoms with Crippen LogP contribution >= 0.6 is 0 Å². The fourth-order valence-electron chi connectivity index (χ4n) is 2.34. The monoisotopic (exact) mass is 279 g/mol. The van der Waals surface area contributed by atoms with E-state index in [-0.39, 0.29) is 11.9 Å². The molecule has 0 unspecified atom stereocenters. The molecule has 20 heavy (non-hydrogen) atoms. The summed E-state index contributed by atoms with van der Waals surface area (Å²) in [4.78, 5) is 30.2. The Morgan fingerprint density at radius 3 is 2.65 bits per heavy atom. The lowest BCUT2D eigenvalue weighted by molar-refractivity contribution is -0.159. The van der Waals surface area contributed by atoms with Gasteiger partial charge in [-0.3, -0.25) is 4.79 Å². The van der Waals surface area contributed by atoms with Crippen LogP contribution in [0.15, 0.2) is 12.5 Å². The van der Waals surface area contributed by atoms with E-state index in [0.717, 1.165) is 6.42 Å². The first-order valence-electron chi connectivity index (χ1n) is 6.80. The van der Waals surface area contributed by atoms with Gasteiger partial charge in [0.25, 0.3) is 5.91 Å². The number of likely N-dealkylation sites (tertiary alicyclic amines) is 1. The summed E-state index contributed by atoms with van der Waals surface area (Å²) in [6.07, 6.45) is 4.56. The minimum absolute atomic E-state index is 0.168. The predicted octanol–water partition coefficient (Wildman–Crippen LogP) is 1.37. The predicted molar refractivity (Wildman–Crippen MR) is 73.1 cm³/mol. The average molecular weight is 279 g/mol. The van der Waals surface area contributed by atoms with E-state index < -0.39 is 11.6 Å². The number of hydrogen-bond donors (Lipinski definition) is 0. The molecule has 1 fully saturated rings. The van der Waals surface area contributed by atoms with Crippen molar-refractivity contribution in [1.29, 1.82) is 0 Å². The van der Waals surface area contributed by atoms with Crippen molar-refractivity contribution in [2.45, 2.75) is 45.3 Å². The Bertz CT molecular complexity index is 516. The summed E-state index contributed by atoms with van der Waals surface area (Å²) < 4.78 is 7.05. The van der Waals surface area contributed by atoms with Crippen LogP contribution in [-0.2, 0) is 16.6 Å². The Morgan fingerprint density at radius 1 is 1.40 bits per heavy atom. The molecule has 6 heteroatoms. The highest BCUT2D eigenvalue weighted by molar-refractivity contribution is 5.95. The van der Waals surface area contributed by atoms with Crippen LogP contribution in [0.5, 0.6) is 0 Å². The molecule has 0 saturated carbocycles. The molecule has 1 aromatic rings. The molecule has 0 spiro atoms. The summed E-state index contributed by atoms with van der Waals surface area (Å²) in [5.41, 5.74) is -0.0542. The summed E-state index contributed by atoms with van der Waals surface area (Å²) in [5.74, 6) is -0.496. The van der Waals surface area contributed by atoms with Crippen LogP contribution in [0.2, 0.25) is 0 Å². The van der Waals surface area contributed by atoms with Crippen molar-refractivity contribution >= 4 is 11.9 Å². The molecule has 110 valence electrons. The van der Waals surface area contributed by atoms with Crippen LogP contribution in [-0.4, -0.2) is 44.5 Å². The Balaban J connectivity index is 2.13. The van der Waals surface area contributed by atoms with E-state index in [4.69, 9.17) is 4.74 Å². The third-order valence-electron chi connectivity index (χ3n) is 3.23. The molecular formula is C14H21N3O3. The van der Waals surface area contributed by atoms with Gasteiger partial charge in [0, 0.05) is 13.6 Å². The van der Waals surface area contributed by atoms with Crippen LogP contribution in [0, 0.1) is 0 Å². The van der Waals surface area contributed by atoms with Gasteiger partial charge in [-0.15, -0.1) is 0 Å². The van der Waals surface area contributed by atoms with E-state index in [2.05, 4.69) is 4.98 Å². The zero-order valence-corrected chi connectivity index (χ0v) is 12.4. The zero-order chi connectivity index (χ0) is 14.9. The topological polar surface area (TPSA) is 64.4 Å². The van der Waals surface area contributed by atoms with Crippen LogP contribution in [0.4, 0.5) is 0 Å². The number of ether oxygens (including phenoxy) is 1. The molecule has 0 N–H and O–H groups in total. The smallest absolute Gasteiger partial charge is 0.329 e. The van der Waals surface area contributed by atoms with Crippen LogP contribution in [0.1, 0.15) is 44.1 Å². The first-order chi connectivity index (χ1) is 9.29. The molecule has 0 aliphatic carbocycles. The Morgan fingerprint density at radius 2 is 2.10 bits per heavy atom.